The second kappa shape index (κ2) is 10.7. The van der Waals surface area contributed by atoms with E-state index in [0.29, 0.717) is 40.6 Å². The molecule has 1 saturated carbocycles. The van der Waals surface area contributed by atoms with Crippen LogP contribution in [0.3, 0.4) is 0 Å². The van der Waals surface area contributed by atoms with Gasteiger partial charge in [0.25, 0.3) is 5.56 Å². The second-order valence-electron chi connectivity index (χ2n) is 8.62. The van der Waals surface area contributed by atoms with E-state index in [1.54, 1.807) is 10.6 Å². The van der Waals surface area contributed by atoms with Crippen LogP contribution in [-0.4, -0.2) is 37.0 Å². The lowest BCUT2D eigenvalue weighted by Gasteiger charge is -2.22. The summed E-state index contributed by atoms with van der Waals surface area (Å²) in [5.41, 5.74) is 2.30. The third-order valence-corrected chi connectivity index (χ3v) is 7.70. The van der Waals surface area contributed by atoms with Crippen LogP contribution in [0.5, 0.6) is 0 Å². The number of aromatic nitrogens is 4. The number of nitrogens with one attached hydrogen (secondary N) is 1. The van der Waals surface area contributed by atoms with Gasteiger partial charge in [-0.25, -0.2) is 4.98 Å². The van der Waals surface area contributed by atoms with Gasteiger partial charge in [0.05, 0.1) is 33.1 Å². The Morgan fingerprint density at radius 2 is 1.94 bits per heavy atom. The molecule has 2 aromatic heterocycles. The van der Waals surface area contributed by atoms with E-state index in [0.717, 1.165) is 24.2 Å². The molecule has 0 saturated heterocycles. The average molecular weight is 488 g/mol. The summed E-state index contributed by atoms with van der Waals surface area (Å²) in [6, 6.07) is 7.62. The number of hydrogen-bond donors (Lipinski definition) is 1. The topological polar surface area (TPSA) is 81.8 Å². The first-order valence-electron chi connectivity index (χ1n) is 11.6. The minimum atomic E-state index is -0.0813. The molecule has 0 aliphatic heterocycles. The molecule has 33 heavy (non-hydrogen) atoms. The van der Waals surface area contributed by atoms with Crippen LogP contribution in [0.15, 0.2) is 34.2 Å². The van der Waals surface area contributed by atoms with Crippen LogP contribution in [0.2, 0.25) is 5.02 Å². The molecule has 0 spiro atoms. The predicted molar refractivity (Wildman–Crippen MR) is 133 cm³/mol. The number of aryl methyl sites for hydroxylation is 2. The van der Waals surface area contributed by atoms with Gasteiger partial charge in [-0.15, -0.1) is 0 Å². The standard InChI is InChI=1S/C24H30ClN5O2S/c1-16-22(25)17(2)30(28-16)14-8-13-29-23(32)19-11-6-7-12-20(19)27-24(29)33-15-21(31)26-18-9-4-3-5-10-18/h6-7,11-12,18H,3-5,8-10,13-15H2,1-2H3,(H,26,31). The third-order valence-electron chi connectivity index (χ3n) is 6.17. The zero-order valence-corrected chi connectivity index (χ0v) is 20.7. The summed E-state index contributed by atoms with van der Waals surface area (Å²) in [5, 5.41) is 9.45. The highest BCUT2D eigenvalue weighted by Gasteiger charge is 2.18. The summed E-state index contributed by atoms with van der Waals surface area (Å²) >= 11 is 7.59. The minimum Gasteiger partial charge on any atom is -0.353 e. The number of fused-ring (bicyclic) bond motifs is 1. The average Bonchev–Trinajstić information content (AvgIpc) is 3.06. The zero-order chi connectivity index (χ0) is 23.4. The summed E-state index contributed by atoms with van der Waals surface area (Å²) < 4.78 is 3.57. The number of hydrogen-bond acceptors (Lipinski definition) is 5. The van der Waals surface area contributed by atoms with Crippen molar-refractivity contribution in [3.8, 4) is 0 Å². The Bertz CT molecular complexity index is 1200. The molecule has 176 valence electrons. The first-order chi connectivity index (χ1) is 15.9. The maximum Gasteiger partial charge on any atom is 0.262 e. The fourth-order valence-corrected chi connectivity index (χ4v) is 5.34. The number of halogens is 1. The van der Waals surface area contributed by atoms with Gasteiger partial charge in [0.15, 0.2) is 5.16 Å². The van der Waals surface area contributed by atoms with Crippen molar-refractivity contribution in [2.45, 2.75) is 76.7 Å². The van der Waals surface area contributed by atoms with E-state index in [2.05, 4.69) is 10.4 Å². The Hall–Kier alpha value is -2.32. The SMILES string of the molecule is Cc1nn(CCCn2c(SCC(=O)NC3CCCCC3)nc3ccccc3c2=O)c(C)c1Cl. The highest BCUT2D eigenvalue weighted by atomic mass is 35.5. The summed E-state index contributed by atoms with van der Waals surface area (Å²) in [4.78, 5) is 30.5. The molecule has 1 fully saturated rings. The molecule has 2 heterocycles. The van der Waals surface area contributed by atoms with E-state index >= 15 is 0 Å². The molecular weight excluding hydrogens is 458 g/mol. The van der Waals surface area contributed by atoms with E-state index in [4.69, 9.17) is 16.6 Å². The fraction of sp³-hybridized carbons (Fsp3) is 0.500. The predicted octanol–water partition coefficient (Wildman–Crippen LogP) is 4.49. The Labute approximate surface area is 202 Å². The first-order valence-corrected chi connectivity index (χ1v) is 12.9. The largest absolute Gasteiger partial charge is 0.353 e. The highest BCUT2D eigenvalue weighted by Crippen LogP contribution is 2.21. The summed E-state index contributed by atoms with van der Waals surface area (Å²) in [6.45, 7) is 4.96. The van der Waals surface area contributed by atoms with E-state index < -0.39 is 0 Å². The molecule has 0 radical (unpaired) electrons. The number of thioether (sulfide) groups is 1. The van der Waals surface area contributed by atoms with Gasteiger partial charge in [-0.05, 0) is 45.2 Å². The van der Waals surface area contributed by atoms with Gasteiger partial charge < -0.3 is 5.32 Å². The van der Waals surface area contributed by atoms with Gasteiger partial charge in [0.1, 0.15) is 0 Å². The van der Waals surface area contributed by atoms with Crippen molar-refractivity contribution in [3.63, 3.8) is 0 Å². The second-order valence-corrected chi connectivity index (χ2v) is 9.94. The highest BCUT2D eigenvalue weighted by molar-refractivity contribution is 7.99. The summed E-state index contributed by atoms with van der Waals surface area (Å²) in [7, 11) is 0. The molecule has 0 unspecified atom stereocenters. The Morgan fingerprint density at radius 3 is 2.67 bits per heavy atom. The number of benzene rings is 1. The van der Waals surface area contributed by atoms with Gasteiger partial charge in [0.2, 0.25) is 5.91 Å². The molecule has 1 aliphatic rings. The van der Waals surface area contributed by atoms with Crippen LogP contribution in [0.4, 0.5) is 0 Å². The first kappa shape index (κ1) is 23.8. The molecule has 0 atom stereocenters. The van der Waals surface area contributed by atoms with Crippen LogP contribution in [-0.2, 0) is 17.9 Å². The van der Waals surface area contributed by atoms with Crippen LogP contribution in [0.1, 0.15) is 49.9 Å². The summed E-state index contributed by atoms with van der Waals surface area (Å²) in [6.07, 6.45) is 6.38. The van der Waals surface area contributed by atoms with Gasteiger partial charge in [0, 0.05) is 19.1 Å². The smallest absolute Gasteiger partial charge is 0.262 e. The Kier molecular flexibility index (Phi) is 7.75. The molecule has 1 amide bonds. The fourth-order valence-electron chi connectivity index (χ4n) is 4.37. The number of rotatable bonds is 8. The molecule has 0 bridgehead atoms. The van der Waals surface area contributed by atoms with E-state index in [9.17, 15) is 9.59 Å². The molecule has 1 N–H and O–H groups in total. The van der Waals surface area contributed by atoms with Crippen molar-refractivity contribution in [1.29, 1.82) is 0 Å². The van der Waals surface area contributed by atoms with E-state index in [-0.39, 0.29) is 23.3 Å². The minimum absolute atomic E-state index is 0.00172. The van der Waals surface area contributed by atoms with Crippen molar-refractivity contribution >= 4 is 40.2 Å². The van der Waals surface area contributed by atoms with Crippen LogP contribution >= 0.6 is 23.4 Å². The van der Waals surface area contributed by atoms with E-state index in [1.165, 1.54) is 31.0 Å². The quantitative estimate of drug-likeness (QED) is 0.374. The number of carbonyl (C=O) groups excluding carboxylic acids is 1. The Morgan fingerprint density at radius 1 is 1.18 bits per heavy atom. The molecular formula is C24H30ClN5O2S. The maximum atomic E-state index is 13.2. The van der Waals surface area contributed by atoms with Crippen LogP contribution < -0.4 is 10.9 Å². The van der Waals surface area contributed by atoms with E-state index in [1.807, 2.05) is 36.7 Å². The van der Waals surface area contributed by atoms with Gasteiger partial charge in [-0.3, -0.25) is 18.8 Å². The zero-order valence-electron chi connectivity index (χ0n) is 19.1. The molecule has 4 rings (SSSR count). The van der Waals surface area contributed by atoms with Crippen molar-refractivity contribution < 1.29 is 4.79 Å². The van der Waals surface area contributed by atoms with Crippen LogP contribution in [0, 0.1) is 13.8 Å². The molecule has 9 heteroatoms. The maximum absolute atomic E-state index is 13.2. The third kappa shape index (κ3) is 5.61. The number of carbonyl (C=O) groups is 1. The Balaban J connectivity index is 1.49. The van der Waals surface area contributed by atoms with Gasteiger partial charge >= 0.3 is 0 Å². The van der Waals surface area contributed by atoms with Crippen molar-refractivity contribution in [2.24, 2.45) is 0 Å². The van der Waals surface area contributed by atoms with Crippen molar-refractivity contribution in [1.82, 2.24) is 24.6 Å². The van der Waals surface area contributed by atoms with Gasteiger partial charge in [-0.2, -0.15) is 5.10 Å². The molecule has 3 aromatic rings. The normalized spacial score (nSPS) is 14.6. The lowest BCUT2D eigenvalue weighted by molar-refractivity contribution is -0.119. The monoisotopic (exact) mass is 487 g/mol. The van der Waals surface area contributed by atoms with Gasteiger partial charge in [-0.1, -0.05) is 54.8 Å². The number of para-hydroxylation sites is 1. The molecule has 7 nitrogen and oxygen atoms in total. The summed E-state index contributed by atoms with van der Waals surface area (Å²) in [5.74, 6) is 0.243. The lowest BCUT2D eigenvalue weighted by Crippen LogP contribution is -2.37. The van der Waals surface area contributed by atoms with Crippen LogP contribution in [0.25, 0.3) is 10.9 Å². The van der Waals surface area contributed by atoms with Crippen molar-refractivity contribution in [2.75, 3.05) is 5.75 Å². The molecule has 1 aromatic carbocycles. The molecule has 1 aliphatic carbocycles. The lowest BCUT2D eigenvalue weighted by atomic mass is 9.95. The van der Waals surface area contributed by atoms with Crippen molar-refractivity contribution in [3.05, 3.63) is 51.0 Å². The number of nitrogens with zero attached hydrogens (tertiary/aromatic N) is 4. The number of amides is 1.